The van der Waals surface area contributed by atoms with Crippen molar-refractivity contribution in [3.8, 4) is 0 Å². The highest BCUT2D eigenvalue weighted by Gasteiger charge is 2.32. The molecule has 0 heterocycles. The van der Waals surface area contributed by atoms with Crippen LogP contribution in [0.4, 0.5) is 4.39 Å². The van der Waals surface area contributed by atoms with E-state index in [9.17, 15) is 9.50 Å². The first-order valence-corrected chi connectivity index (χ1v) is 7.18. The van der Waals surface area contributed by atoms with E-state index in [4.69, 9.17) is 10.9 Å². The van der Waals surface area contributed by atoms with E-state index in [0.717, 1.165) is 31.2 Å². The molecule has 1 aromatic rings. The average molecular weight is 295 g/mol. The molecule has 0 atom stereocenters. The van der Waals surface area contributed by atoms with Gasteiger partial charge < -0.3 is 21.4 Å². The molecule has 1 aromatic carbocycles. The van der Waals surface area contributed by atoms with Gasteiger partial charge in [-0.05, 0) is 30.5 Å². The van der Waals surface area contributed by atoms with Crippen LogP contribution in [0.1, 0.15) is 36.8 Å². The van der Waals surface area contributed by atoms with Gasteiger partial charge in [0.25, 0.3) is 0 Å². The van der Waals surface area contributed by atoms with Gasteiger partial charge in [0.1, 0.15) is 5.82 Å². The Kier molecular flexibility index (Phi) is 5.14. The highest BCUT2D eigenvalue weighted by molar-refractivity contribution is 5.98. The van der Waals surface area contributed by atoms with Crippen molar-refractivity contribution in [2.24, 2.45) is 16.3 Å². The van der Waals surface area contributed by atoms with E-state index in [1.54, 1.807) is 6.07 Å². The fraction of sp³-hybridized carbons (Fsp3) is 0.533. The van der Waals surface area contributed by atoms with Crippen LogP contribution in [-0.2, 0) is 6.54 Å². The molecule has 0 saturated heterocycles. The Hall–Kier alpha value is -1.66. The fourth-order valence-electron chi connectivity index (χ4n) is 2.97. The van der Waals surface area contributed by atoms with Gasteiger partial charge in [0.15, 0.2) is 5.84 Å². The van der Waals surface area contributed by atoms with E-state index in [-0.39, 0.29) is 17.9 Å². The van der Waals surface area contributed by atoms with Crippen molar-refractivity contribution in [2.45, 2.75) is 32.2 Å². The lowest BCUT2D eigenvalue weighted by Crippen LogP contribution is -2.35. The van der Waals surface area contributed by atoms with E-state index in [0.29, 0.717) is 18.7 Å². The summed E-state index contributed by atoms with van der Waals surface area (Å²) in [6.07, 6.45) is 4.34. The van der Waals surface area contributed by atoms with Crippen LogP contribution in [-0.4, -0.2) is 29.3 Å². The average Bonchev–Trinajstić information content (AvgIpc) is 2.97. The predicted octanol–water partition coefficient (Wildman–Crippen LogP) is 1.56. The Labute approximate surface area is 123 Å². The molecule has 6 heteroatoms. The third-order valence-corrected chi connectivity index (χ3v) is 4.27. The number of oxime groups is 1. The number of aliphatic hydroxyl groups is 1. The molecule has 0 spiro atoms. The lowest BCUT2D eigenvalue weighted by molar-refractivity contribution is 0.128. The first-order valence-electron chi connectivity index (χ1n) is 7.18. The Balaban J connectivity index is 2.03. The van der Waals surface area contributed by atoms with E-state index in [1.165, 1.54) is 12.1 Å². The molecule has 0 aliphatic heterocycles. The van der Waals surface area contributed by atoms with Gasteiger partial charge in [0.05, 0.1) is 0 Å². The predicted molar refractivity (Wildman–Crippen MR) is 78.6 cm³/mol. The van der Waals surface area contributed by atoms with Crippen molar-refractivity contribution in [1.29, 1.82) is 0 Å². The quantitative estimate of drug-likeness (QED) is 0.277. The zero-order valence-corrected chi connectivity index (χ0v) is 12.0. The number of benzene rings is 1. The molecule has 0 bridgehead atoms. The van der Waals surface area contributed by atoms with E-state index >= 15 is 0 Å². The monoisotopic (exact) mass is 295 g/mol. The highest BCUT2D eigenvalue weighted by atomic mass is 19.1. The summed E-state index contributed by atoms with van der Waals surface area (Å²) in [5, 5.41) is 24.6. The molecule has 5 N–H and O–H groups in total. The lowest BCUT2D eigenvalue weighted by Gasteiger charge is -2.27. The lowest BCUT2D eigenvalue weighted by atomic mass is 9.87. The molecule has 5 nitrogen and oxygen atoms in total. The van der Waals surface area contributed by atoms with Crippen molar-refractivity contribution >= 4 is 5.84 Å². The number of hydrogen-bond acceptors (Lipinski definition) is 4. The van der Waals surface area contributed by atoms with Crippen molar-refractivity contribution < 1.29 is 14.7 Å². The Morgan fingerprint density at radius 2 is 2.10 bits per heavy atom. The number of nitrogens with two attached hydrogens (primary N) is 1. The standard InChI is InChI=1S/C15H22FN3O2/c16-12-4-3-11(13(7-12)14(17)19-21)8-18-9-15(10-20)5-1-2-6-15/h3-4,7,18,20-21H,1-2,5-6,8-10H2,(H2,17,19). The third kappa shape index (κ3) is 3.71. The van der Waals surface area contributed by atoms with E-state index < -0.39 is 5.82 Å². The summed E-state index contributed by atoms with van der Waals surface area (Å²) in [5.41, 5.74) is 6.68. The van der Waals surface area contributed by atoms with Crippen LogP contribution in [0.2, 0.25) is 0 Å². The molecule has 21 heavy (non-hydrogen) atoms. The summed E-state index contributed by atoms with van der Waals surface area (Å²) in [4.78, 5) is 0. The third-order valence-electron chi connectivity index (χ3n) is 4.27. The zero-order valence-electron chi connectivity index (χ0n) is 12.0. The maximum atomic E-state index is 13.3. The Morgan fingerprint density at radius 3 is 2.71 bits per heavy atom. The topological polar surface area (TPSA) is 90.9 Å². The normalized spacial score (nSPS) is 18.1. The highest BCUT2D eigenvalue weighted by Crippen LogP contribution is 2.36. The Morgan fingerprint density at radius 1 is 1.38 bits per heavy atom. The van der Waals surface area contributed by atoms with Crippen molar-refractivity contribution in [3.63, 3.8) is 0 Å². The Bertz CT molecular complexity index is 514. The molecule has 2 rings (SSSR count). The number of nitrogens with zero attached hydrogens (tertiary/aromatic N) is 1. The van der Waals surface area contributed by atoms with Crippen LogP contribution in [0.25, 0.3) is 0 Å². The maximum absolute atomic E-state index is 13.3. The van der Waals surface area contributed by atoms with Crippen LogP contribution in [0, 0.1) is 11.2 Å². The number of nitrogens with one attached hydrogen (secondary N) is 1. The first kappa shape index (κ1) is 15.7. The zero-order chi connectivity index (χ0) is 15.3. The second-order valence-electron chi connectivity index (χ2n) is 5.76. The van der Waals surface area contributed by atoms with Crippen molar-refractivity contribution in [1.82, 2.24) is 5.32 Å². The molecule has 1 fully saturated rings. The minimum absolute atomic E-state index is 0.0448. The molecule has 0 aromatic heterocycles. The summed E-state index contributed by atoms with van der Waals surface area (Å²) >= 11 is 0. The summed E-state index contributed by atoms with van der Waals surface area (Å²) in [7, 11) is 0. The molecule has 1 saturated carbocycles. The molecule has 1 aliphatic carbocycles. The van der Waals surface area contributed by atoms with Gasteiger partial charge in [-0.3, -0.25) is 0 Å². The molecule has 0 unspecified atom stereocenters. The van der Waals surface area contributed by atoms with Gasteiger partial charge in [-0.15, -0.1) is 0 Å². The molecule has 116 valence electrons. The number of aliphatic hydroxyl groups excluding tert-OH is 1. The minimum atomic E-state index is -0.428. The second-order valence-corrected chi connectivity index (χ2v) is 5.76. The number of halogens is 1. The summed E-state index contributed by atoms with van der Waals surface area (Å²) in [5.74, 6) is -0.535. The maximum Gasteiger partial charge on any atom is 0.170 e. The number of hydrogen-bond donors (Lipinski definition) is 4. The summed E-state index contributed by atoms with van der Waals surface area (Å²) < 4.78 is 13.3. The van der Waals surface area contributed by atoms with Crippen LogP contribution >= 0.6 is 0 Å². The second kappa shape index (κ2) is 6.87. The van der Waals surface area contributed by atoms with Gasteiger partial charge in [0, 0.05) is 30.7 Å². The van der Waals surface area contributed by atoms with Crippen LogP contribution in [0.15, 0.2) is 23.4 Å². The molecular weight excluding hydrogens is 273 g/mol. The molecule has 1 aliphatic rings. The molecular formula is C15H22FN3O2. The SMILES string of the molecule is N/C(=N/O)c1cc(F)ccc1CNCC1(CO)CCCC1. The minimum Gasteiger partial charge on any atom is -0.409 e. The molecule has 0 radical (unpaired) electrons. The summed E-state index contributed by atoms with van der Waals surface area (Å²) in [6.45, 7) is 1.36. The number of amidine groups is 1. The molecule has 0 amide bonds. The van der Waals surface area contributed by atoms with Crippen LogP contribution in [0.5, 0.6) is 0 Å². The van der Waals surface area contributed by atoms with Crippen LogP contribution < -0.4 is 11.1 Å². The van der Waals surface area contributed by atoms with Crippen LogP contribution in [0.3, 0.4) is 0 Å². The largest absolute Gasteiger partial charge is 0.409 e. The van der Waals surface area contributed by atoms with Gasteiger partial charge in [-0.1, -0.05) is 24.1 Å². The first-order chi connectivity index (χ1) is 10.1. The smallest absolute Gasteiger partial charge is 0.170 e. The van der Waals surface area contributed by atoms with Gasteiger partial charge in [-0.2, -0.15) is 0 Å². The van der Waals surface area contributed by atoms with E-state index in [1.807, 2.05) is 0 Å². The number of rotatable bonds is 6. The van der Waals surface area contributed by atoms with Gasteiger partial charge in [-0.25, -0.2) is 4.39 Å². The summed E-state index contributed by atoms with van der Waals surface area (Å²) in [6, 6.07) is 4.22. The van der Waals surface area contributed by atoms with E-state index in [2.05, 4.69) is 10.5 Å². The van der Waals surface area contributed by atoms with Gasteiger partial charge >= 0.3 is 0 Å². The van der Waals surface area contributed by atoms with Crippen molar-refractivity contribution in [3.05, 3.63) is 35.1 Å². The fourth-order valence-corrected chi connectivity index (χ4v) is 2.97. The van der Waals surface area contributed by atoms with Crippen molar-refractivity contribution in [2.75, 3.05) is 13.2 Å². The van der Waals surface area contributed by atoms with Gasteiger partial charge in [0.2, 0.25) is 0 Å².